The quantitative estimate of drug-likeness (QED) is 0.329. The highest BCUT2D eigenvalue weighted by Crippen LogP contribution is 2.32. The van der Waals surface area contributed by atoms with Crippen LogP contribution in [0.3, 0.4) is 0 Å². The van der Waals surface area contributed by atoms with E-state index in [9.17, 15) is 0 Å². The Balaban J connectivity index is 0.000000944. The second kappa shape index (κ2) is 15.6. The van der Waals surface area contributed by atoms with E-state index >= 15 is 0 Å². The molecule has 0 fully saturated rings. The summed E-state index contributed by atoms with van der Waals surface area (Å²) >= 11 is 0. The molecule has 4 rings (SSSR count). The standard InChI is InChI=1S/C26H23N5.C3H8.CH5N.CH2O/c1-5-26(3,4)24-13-18(9-10-28-24)21-12-22(17(2)29-15-21)19-7-6-8-20(11-19)23-14-25(27)31-16-30-23;1-3-2;2*1-2/h1,6-16H,2-4H3,(H2,27,30,31);3H2,1-2H3;2H2,1H3;1H2. The normalized spacial score (nSPS) is 9.84. The number of rotatable bonds is 4. The summed E-state index contributed by atoms with van der Waals surface area (Å²) in [5.74, 6) is 3.25. The lowest BCUT2D eigenvalue weighted by Gasteiger charge is -2.17. The minimum atomic E-state index is -0.440. The van der Waals surface area contributed by atoms with Crippen molar-refractivity contribution in [3.05, 3.63) is 78.6 Å². The molecular weight excluding hydrogens is 472 g/mol. The minimum Gasteiger partial charge on any atom is -0.384 e. The van der Waals surface area contributed by atoms with Crippen molar-refractivity contribution in [2.24, 2.45) is 5.73 Å². The molecule has 0 unspecified atom stereocenters. The zero-order valence-electron chi connectivity index (χ0n) is 23.2. The summed E-state index contributed by atoms with van der Waals surface area (Å²) in [6.45, 7) is 12.2. The van der Waals surface area contributed by atoms with Crippen LogP contribution in [-0.2, 0) is 10.2 Å². The molecule has 4 aromatic rings. The highest BCUT2D eigenvalue weighted by atomic mass is 16.1. The predicted octanol–water partition coefficient (Wildman–Crippen LogP) is 5.88. The van der Waals surface area contributed by atoms with Crippen molar-refractivity contribution in [3.8, 4) is 45.9 Å². The molecule has 0 saturated heterocycles. The van der Waals surface area contributed by atoms with Crippen LogP contribution >= 0.6 is 0 Å². The van der Waals surface area contributed by atoms with Gasteiger partial charge in [-0.2, -0.15) is 0 Å². The fraction of sp³-hybridized carbons (Fsp3) is 0.258. The number of nitrogens with two attached hydrogens (primary N) is 2. The molecular formula is C31H38N6O. The summed E-state index contributed by atoms with van der Waals surface area (Å²) < 4.78 is 0. The zero-order chi connectivity index (χ0) is 28.7. The van der Waals surface area contributed by atoms with Crippen LogP contribution in [0.4, 0.5) is 5.82 Å². The van der Waals surface area contributed by atoms with E-state index in [-0.39, 0.29) is 0 Å². The van der Waals surface area contributed by atoms with Crippen molar-refractivity contribution in [2.45, 2.75) is 46.5 Å². The first-order chi connectivity index (χ1) is 18.3. The third kappa shape index (κ3) is 8.32. The molecule has 0 aliphatic carbocycles. The van der Waals surface area contributed by atoms with Gasteiger partial charge in [-0.1, -0.05) is 44.4 Å². The lowest BCUT2D eigenvalue weighted by atomic mass is 9.88. The summed E-state index contributed by atoms with van der Waals surface area (Å²) in [6, 6.07) is 16.1. The van der Waals surface area contributed by atoms with E-state index in [0.717, 1.165) is 44.9 Å². The number of nitrogens with zero attached hydrogens (tertiary/aromatic N) is 4. The first-order valence-corrected chi connectivity index (χ1v) is 12.2. The van der Waals surface area contributed by atoms with Crippen molar-refractivity contribution < 1.29 is 4.79 Å². The van der Waals surface area contributed by atoms with Crippen LogP contribution in [-0.4, -0.2) is 33.8 Å². The maximum atomic E-state index is 8.00. The van der Waals surface area contributed by atoms with Crippen molar-refractivity contribution in [1.29, 1.82) is 0 Å². The Bertz CT molecular complexity index is 1340. The van der Waals surface area contributed by atoms with Gasteiger partial charge in [0.25, 0.3) is 0 Å². The molecule has 0 bridgehead atoms. The molecule has 3 heterocycles. The molecule has 3 aromatic heterocycles. The first kappa shape index (κ1) is 31.6. The number of aryl methyl sites for hydroxylation is 1. The van der Waals surface area contributed by atoms with Gasteiger partial charge in [0.2, 0.25) is 0 Å². The zero-order valence-corrected chi connectivity index (χ0v) is 23.2. The van der Waals surface area contributed by atoms with Gasteiger partial charge in [-0.15, -0.1) is 6.42 Å². The van der Waals surface area contributed by atoms with Gasteiger partial charge in [-0.3, -0.25) is 9.97 Å². The van der Waals surface area contributed by atoms with Crippen molar-refractivity contribution >= 4 is 12.6 Å². The van der Waals surface area contributed by atoms with E-state index in [2.05, 4.69) is 63.6 Å². The lowest BCUT2D eigenvalue weighted by Crippen LogP contribution is -2.15. The molecule has 0 radical (unpaired) electrons. The van der Waals surface area contributed by atoms with Gasteiger partial charge in [-0.05, 0) is 63.2 Å². The molecule has 0 atom stereocenters. The maximum Gasteiger partial charge on any atom is 0.127 e. The number of aromatic nitrogens is 4. The molecule has 1 aromatic carbocycles. The van der Waals surface area contributed by atoms with Crippen LogP contribution in [0.15, 0.2) is 67.3 Å². The van der Waals surface area contributed by atoms with Crippen LogP contribution < -0.4 is 11.5 Å². The summed E-state index contributed by atoms with van der Waals surface area (Å²) in [7, 11) is 1.50. The smallest absolute Gasteiger partial charge is 0.127 e. The van der Waals surface area contributed by atoms with Gasteiger partial charge in [-0.25, -0.2) is 9.97 Å². The first-order valence-electron chi connectivity index (χ1n) is 12.2. The lowest BCUT2D eigenvalue weighted by molar-refractivity contribution is -0.0980. The highest BCUT2D eigenvalue weighted by Gasteiger charge is 2.19. The molecule has 0 spiro atoms. The average Bonchev–Trinajstić information content (AvgIpc) is 2.96. The number of hydrogen-bond donors (Lipinski definition) is 2. The number of terminal acetylenes is 1. The second-order valence-electron chi connectivity index (χ2n) is 8.67. The van der Waals surface area contributed by atoms with Crippen molar-refractivity contribution in [3.63, 3.8) is 0 Å². The van der Waals surface area contributed by atoms with Gasteiger partial charge in [0, 0.05) is 40.8 Å². The summed E-state index contributed by atoms with van der Waals surface area (Å²) in [6.07, 6.45) is 12.1. The third-order valence-electron chi connectivity index (χ3n) is 5.34. The van der Waals surface area contributed by atoms with Crippen LogP contribution in [0.1, 0.15) is 45.5 Å². The summed E-state index contributed by atoms with van der Waals surface area (Å²) in [5, 5.41) is 0. The SMILES string of the molecule is C#CC(C)(C)c1cc(-c2cnc(C)c(-c3cccc(-c4cc(N)ncn4)c3)c2)ccn1.C=O.CCC.CN. The number of anilines is 1. The molecule has 0 amide bonds. The third-order valence-corrected chi connectivity index (χ3v) is 5.34. The number of hydrogen-bond acceptors (Lipinski definition) is 7. The van der Waals surface area contributed by atoms with Gasteiger partial charge >= 0.3 is 0 Å². The van der Waals surface area contributed by atoms with Gasteiger partial charge in [0.05, 0.1) is 16.8 Å². The number of nitrogen functional groups attached to an aromatic ring is 1. The average molecular weight is 511 g/mol. The Kier molecular flexibility index (Phi) is 13.0. The minimum absolute atomic E-state index is 0.440. The van der Waals surface area contributed by atoms with Crippen molar-refractivity contribution in [1.82, 2.24) is 19.9 Å². The van der Waals surface area contributed by atoms with E-state index in [1.807, 2.05) is 58.0 Å². The van der Waals surface area contributed by atoms with E-state index in [1.54, 1.807) is 12.3 Å². The Hall–Kier alpha value is -4.41. The van der Waals surface area contributed by atoms with Crippen LogP contribution in [0.25, 0.3) is 33.5 Å². The number of carbonyl (C=O) groups is 1. The number of benzene rings is 1. The number of pyridine rings is 2. The predicted molar refractivity (Wildman–Crippen MR) is 158 cm³/mol. The molecule has 7 heteroatoms. The monoisotopic (exact) mass is 510 g/mol. The van der Waals surface area contributed by atoms with E-state index in [4.69, 9.17) is 17.0 Å². The fourth-order valence-corrected chi connectivity index (χ4v) is 3.39. The topological polar surface area (TPSA) is 121 Å². The summed E-state index contributed by atoms with van der Waals surface area (Å²) in [4.78, 5) is 25.4. The molecule has 7 nitrogen and oxygen atoms in total. The Morgan fingerprint density at radius 1 is 0.895 bits per heavy atom. The van der Waals surface area contributed by atoms with Gasteiger partial charge in [0.1, 0.15) is 18.9 Å². The van der Waals surface area contributed by atoms with Crippen LogP contribution in [0, 0.1) is 19.3 Å². The molecule has 198 valence electrons. The fourth-order valence-electron chi connectivity index (χ4n) is 3.39. The largest absolute Gasteiger partial charge is 0.384 e. The van der Waals surface area contributed by atoms with E-state index in [0.29, 0.717) is 5.82 Å². The van der Waals surface area contributed by atoms with E-state index in [1.165, 1.54) is 19.8 Å². The second-order valence-corrected chi connectivity index (χ2v) is 8.67. The summed E-state index contributed by atoms with van der Waals surface area (Å²) in [5.41, 5.74) is 17.6. The molecule has 38 heavy (non-hydrogen) atoms. The van der Waals surface area contributed by atoms with Crippen molar-refractivity contribution in [2.75, 3.05) is 12.8 Å². The van der Waals surface area contributed by atoms with Crippen LogP contribution in [0.2, 0.25) is 0 Å². The highest BCUT2D eigenvalue weighted by molar-refractivity contribution is 5.77. The Morgan fingerprint density at radius 2 is 1.55 bits per heavy atom. The molecule has 0 aliphatic heterocycles. The Morgan fingerprint density at radius 3 is 2.18 bits per heavy atom. The van der Waals surface area contributed by atoms with E-state index < -0.39 is 5.41 Å². The maximum absolute atomic E-state index is 8.00. The molecule has 4 N–H and O–H groups in total. The van der Waals surface area contributed by atoms with Gasteiger partial charge < -0.3 is 16.3 Å². The number of carbonyl (C=O) groups excluding carboxylic acids is 1. The Labute approximate surface area is 226 Å². The van der Waals surface area contributed by atoms with Crippen LogP contribution in [0.5, 0.6) is 0 Å². The molecule has 0 saturated carbocycles. The van der Waals surface area contributed by atoms with Gasteiger partial charge in [0.15, 0.2) is 0 Å². The molecule has 0 aliphatic rings.